The number of amides is 1. The molecule has 1 aliphatic rings. The molecule has 1 unspecified atom stereocenters. The van der Waals surface area contributed by atoms with Gasteiger partial charge in [-0.15, -0.1) is 5.10 Å². The first-order valence-electron chi connectivity index (χ1n) is 12.2. The van der Waals surface area contributed by atoms with Crippen LogP contribution in [-0.2, 0) is 10.5 Å². The summed E-state index contributed by atoms with van der Waals surface area (Å²) < 4.78 is 7.46. The predicted molar refractivity (Wildman–Crippen MR) is 153 cm³/mol. The van der Waals surface area contributed by atoms with E-state index < -0.39 is 6.04 Å². The highest BCUT2D eigenvalue weighted by atomic mass is 35.5. The van der Waals surface area contributed by atoms with Gasteiger partial charge in [0.25, 0.3) is 5.91 Å². The number of anilines is 2. The second kappa shape index (κ2) is 10.9. The van der Waals surface area contributed by atoms with Gasteiger partial charge < -0.3 is 15.4 Å². The molecule has 1 aromatic heterocycles. The van der Waals surface area contributed by atoms with Crippen LogP contribution in [0.5, 0.6) is 5.75 Å². The lowest BCUT2D eigenvalue weighted by Gasteiger charge is -2.29. The third kappa shape index (κ3) is 5.14. The number of hydrogen-bond acceptors (Lipinski definition) is 6. The maximum absolute atomic E-state index is 13.8. The second-order valence-corrected chi connectivity index (χ2v) is 10.5. The van der Waals surface area contributed by atoms with Gasteiger partial charge in [0.2, 0.25) is 11.1 Å². The van der Waals surface area contributed by atoms with E-state index in [1.54, 1.807) is 11.8 Å². The molecule has 2 heterocycles. The second-order valence-electron chi connectivity index (χ2n) is 9.12. The molecule has 0 spiro atoms. The molecule has 0 saturated heterocycles. The third-order valence-electron chi connectivity index (χ3n) is 6.46. The number of allylic oxidation sites excluding steroid dienone is 1. The lowest BCUT2D eigenvalue weighted by molar-refractivity contribution is -0.113. The number of thioether (sulfide) groups is 1. The Hall–Kier alpha value is -3.75. The maximum atomic E-state index is 13.8. The van der Waals surface area contributed by atoms with Gasteiger partial charge in [0.15, 0.2) is 0 Å². The fourth-order valence-corrected chi connectivity index (χ4v) is 5.68. The highest BCUT2D eigenvalue weighted by molar-refractivity contribution is 7.98. The Morgan fingerprint density at radius 3 is 2.63 bits per heavy atom. The molecular weight excluding hydrogens is 518 g/mol. The normalized spacial score (nSPS) is 14.6. The van der Waals surface area contributed by atoms with Crippen LogP contribution in [0.4, 0.5) is 11.6 Å². The van der Waals surface area contributed by atoms with Crippen LogP contribution in [0, 0.1) is 13.8 Å². The average molecular weight is 546 g/mol. The summed E-state index contributed by atoms with van der Waals surface area (Å²) in [7, 11) is 1.62. The predicted octanol–water partition coefficient (Wildman–Crippen LogP) is 6.78. The standard InChI is InChI=1S/C29H28ClN5O2S/c1-17-13-14-23(18(2)15-17)32-27(36)25-19(3)31-28-33-29(38-16-20-9-5-7-11-22(20)30)34-35(28)26(25)21-10-6-8-12-24(21)37-4/h5-15,26H,16H2,1-4H3,(H,32,36)(H,31,33,34). The summed E-state index contributed by atoms with van der Waals surface area (Å²) >= 11 is 7.84. The van der Waals surface area contributed by atoms with E-state index in [0.29, 0.717) is 38.9 Å². The lowest BCUT2D eigenvalue weighted by Crippen LogP contribution is -2.31. The number of aryl methyl sites for hydroxylation is 2. The number of benzene rings is 3. The Morgan fingerprint density at radius 2 is 1.87 bits per heavy atom. The van der Waals surface area contributed by atoms with Crippen molar-refractivity contribution in [1.82, 2.24) is 14.8 Å². The zero-order valence-electron chi connectivity index (χ0n) is 21.6. The summed E-state index contributed by atoms with van der Waals surface area (Å²) in [4.78, 5) is 18.6. The molecule has 194 valence electrons. The fraction of sp³-hybridized carbons (Fsp3) is 0.207. The van der Waals surface area contributed by atoms with Crippen molar-refractivity contribution in [3.05, 3.63) is 105 Å². The number of nitrogens with zero attached hydrogens (tertiary/aromatic N) is 3. The van der Waals surface area contributed by atoms with Gasteiger partial charge in [0.1, 0.15) is 11.8 Å². The summed E-state index contributed by atoms with van der Waals surface area (Å²) in [6, 6.07) is 20.8. The number of nitrogens with one attached hydrogen (secondary N) is 2. The largest absolute Gasteiger partial charge is 0.496 e. The number of halogens is 1. The molecule has 1 atom stereocenters. The van der Waals surface area contributed by atoms with Crippen LogP contribution in [0.1, 0.15) is 35.2 Å². The smallest absolute Gasteiger partial charge is 0.255 e. The van der Waals surface area contributed by atoms with Gasteiger partial charge in [0, 0.05) is 27.7 Å². The van der Waals surface area contributed by atoms with E-state index in [0.717, 1.165) is 27.9 Å². The molecule has 7 nitrogen and oxygen atoms in total. The SMILES string of the molecule is COc1ccccc1C1C(C(=O)Nc2ccc(C)cc2C)=C(C)Nc2nc(SCc3ccccc3Cl)nn21. The van der Waals surface area contributed by atoms with Crippen molar-refractivity contribution in [1.29, 1.82) is 0 Å². The number of methoxy groups -OCH3 is 1. The van der Waals surface area contributed by atoms with Crippen LogP contribution in [0.25, 0.3) is 0 Å². The molecule has 9 heteroatoms. The number of fused-ring (bicyclic) bond motifs is 1. The first kappa shape index (κ1) is 25.9. The monoisotopic (exact) mass is 545 g/mol. The summed E-state index contributed by atoms with van der Waals surface area (Å²) in [6.07, 6.45) is 0. The van der Waals surface area contributed by atoms with E-state index in [1.807, 2.05) is 87.5 Å². The van der Waals surface area contributed by atoms with Gasteiger partial charge in [0.05, 0.1) is 12.7 Å². The van der Waals surface area contributed by atoms with Crippen LogP contribution in [0.2, 0.25) is 5.02 Å². The van der Waals surface area contributed by atoms with Crippen LogP contribution in [0.15, 0.2) is 83.2 Å². The first-order valence-corrected chi connectivity index (χ1v) is 13.5. The van der Waals surface area contributed by atoms with Crippen molar-refractivity contribution < 1.29 is 9.53 Å². The van der Waals surface area contributed by atoms with E-state index in [4.69, 9.17) is 26.4 Å². The molecule has 1 aliphatic heterocycles. The molecule has 2 N–H and O–H groups in total. The summed E-state index contributed by atoms with van der Waals surface area (Å²) in [5, 5.41) is 12.5. The van der Waals surface area contributed by atoms with Gasteiger partial charge in [-0.3, -0.25) is 4.79 Å². The Balaban J connectivity index is 1.53. The fourth-order valence-electron chi connectivity index (χ4n) is 4.57. The molecule has 4 aromatic rings. The summed E-state index contributed by atoms with van der Waals surface area (Å²) in [5.74, 6) is 1.62. The number of ether oxygens (including phenoxy) is 1. The van der Waals surface area contributed by atoms with Crippen molar-refractivity contribution in [2.45, 2.75) is 37.7 Å². The van der Waals surface area contributed by atoms with Gasteiger partial charge in [-0.05, 0) is 50.1 Å². The highest BCUT2D eigenvalue weighted by Gasteiger charge is 2.36. The molecule has 5 rings (SSSR count). The van der Waals surface area contributed by atoms with Gasteiger partial charge in [-0.2, -0.15) is 4.98 Å². The number of carbonyl (C=O) groups excluding carboxylic acids is 1. The Morgan fingerprint density at radius 1 is 1.11 bits per heavy atom. The molecule has 0 saturated carbocycles. The van der Waals surface area contributed by atoms with Crippen LogP contribution < -0.4 is 15.4 Å². The third-order valence-corrected chi connectivity index (χ3v) is 7.71. The number of carbonyl (C=O) groups is 1. The summed E-state index contributed by atoms with van der Waals surface area (Å²) in [5.41, 5.74) is 5.95. The quantitative estimate of drug-likeness (QED) is 0.249. The number of hydrogen-bond donors (Lipinski definition) is 2. The molecular formula is C29H28ClN5O2S. The van der Waals surface area contributed by atoms with Gasteiger partial charge >= 0.3 is 0 Å². The number of rotatable bonds is 7. The van der Waals surface area contributed by atoms with E-state index in [-0.39, 0.29) is 5.91 Å². The zero-order valence-corrected chi connectivity index (χ0v) is 23.2. The Kier molecular flexibility index (Phi) is 7.44. The molecule has 38 heavy (non-hydrogen) atoms. The number of para-hydroxylation sites is 1. The van der Waals surface area contributed by atoms with E-state index in [1.165, 1.54) is 11.8 Å². The van der Waals surface area contributed by atoms with Crippen molar-refractivity contribution >= 4 is 40.9 Å². The Bertz CT molecular complexity index is 1550. The van der Waals surface area contributed by atoms with E-state index in [9.17, 15) is 4.79 Å². The highest BCUT2D eigenvalue weighted by Crippen LogP contribution is 2.40. The molecule has 0 fully saturated rings. The zero-order chi connectivity index (χ0) is 26.8. The maximum Gasteiger partial charge on any atom is 0.255 e. The average Bonchev–Trinajstić information content (AvgIpc) is 3.31. The molecule has 0 radical (unpaired) electrons. The van der Waals surface area contributed by atoms with Crippen molar-refractivity contribution in [2.75, 3.05) is 17.7 Å². The molecule has 0 aliphatic carbocycles. The van der Waals surface area contributed by atoms with Gasteiger partial charge in [-0.1, -0.05) is 77.5 Å². The topological polar surface area (TPSA) is 81.1 Å². The minimum Gasteiger partial charge on any atom is -0.496 e. The van der Waals surface area contributed by atoms with Crippen molar-refractivity contribution in [2.24, 2.45) is 0 Å². The van der Waals surface area contributed by atoms with Crippen molar-refractivity contribution in [3.8, 4) is 5.75 Å². The van der Waals surface area contributed by atoms with Crippen LogP contribution in [-0.4, -0.2) is 27.8 Å². The lowest BCUT2D eigenvalue weighted by atomic mass is 9.94. The minimum atomic E-state index is -0.546. The van der Waals surface area contributed by atoms with Crippen molar-refractivity contribution in [3.63, 3.8) is 0 Å². The van der Waals surface area contributed by atoms with Crippen LogP contribution >= 0.6 is 23.4 Å². The minimum absolute atomic E-state index is 0.218. The summed E-state index contributed by atoms with van der Waals surface area (Å²) in [6.45, 7) is 5.90. The first-order chi connectivity index (χ1) is 18.4. The molecule has 1 amide bonds. The van der Waals surface area contributed by atoms with E-state index >= 15 is 0 Å². The molecule has 3 aromatic carbocycles. The van der Waals surface area contributed by atoms with Gasteiger partial charge in [-0.25, -0.2) is 4.68 Å². The van der Waals surface area contributed by atoms with E-state index in [2.05, 4.69) is 10.6 Å². The van der Waals surface area contributed by atoms with Crippen LogP contribution in [0.3, 0.4) is 0 Å². The molecule has 0 bridgehead atoms. The Labute approximate surface area is 231 Å². The number of aromatic nitrogens is 3.